The molecule has 10 nitrogen and oxygen atoms in total. The maximum absolute atomic E-state index is 11.9. The van der Waals surface area contributed by atoms with Gasteiger partial charge in [0, 0.05) is 27.9 Å². The number of aliphatic imine (C=N–C) groups is 1. The fraction of sp³-hybridized carbons (Fsp3) is 0.583. The van der Waals surface area contributed by atoms with Crippen LogP contribution in [0.25, 0.3) is 0 Å². The summed E-state index contributed by atoms with van der Waals surface area (Å²) in [6, 6.07) is 0. The molecule has 1 N–H and O–H groups in total. The molecule has 0 aliphatic carbocycles. The van der Waals surface area contributed by atoms with Crippen LogP contribution in [0.1, 0.15) is 20.8 Å². The van der Waals surface area contributed by atoms with Gasteiger partial charge in [0.2, 0.25) is 6.21 Å². The van der Waals surface area contributed by atoms with E-state index in [0.717, 1.165) is 20.7 Å². The van der Waals surface area contributed by atoms with Gasteiger partial charge in [-0.1, -0.05) is 9.84 Å². The molecule has 0 atom stereocenters. The molecule has 1 aliphatic heterocycles. The van der Waals surface area contributed by atoms with E-state index in [2.05, 4.69) is 15.7 Å². The third-order valence-electron chi connectivity index (χ3n) is 2.73. The number of nitrogens with zero attached hydrogens (tertiary/aromatic N) is 5. The molecule has 134 valence electrons. The number of carbonyl (C=O) groups excluding carboxylic acids is 2. The SMILES string of the molecule is CSC(C)=NOC(=O)N(C)SN(C)C(=O)ON[N+]1=CC=NC1(C)C. The molecule has 0 fully saturated rings. The zero-order chi connectivity index (χ0) is 18.3. The summed E-state index contributed by atoms with van der Waals surface area (Å²) >= 11 is 2.15. The van der Waals surface area contributed by atoms with Crippen molar-refractivity contribution in [3.8, 4) is 0 Å². The predicted molar refractivity (Wildman–Crippen MR) is 94.7 cm³/mol. The minimum absolute atomic E-state index is 0.556. The second-order valence-corrected chi connectivity index (χ2v) is 7.26. The van der Waals surface area contributed by atoms with E-state index in [4.69, 9.17) is 9.68 Å². The van der Waals surface area contributed by atoms with E-state index in [1.165, 1.54) is 30.5 Å². The van der Waals surface area contributed by atoms with Gasteiger partial charge in [-0.25, -0.2) is 23.2 Å². The van der Waals surface area contributed by atoms with Gasteiger partial charge in [-0.15, -0.1) is 11.8 Å². The molecule has 0 spiro atoms. The molecular weight excluding hydrogens is 356 g/mol. The molecule has 0 saturated heterocycles. The largest absolute Gasteiger partial charge is 0.449 e. The third kappa shape index (κ3) is 5.92. The van der Waals surface area contributed by atoms with Gasteiger partial charge in [0.05, 0.1) is 18.3 Å². The van der Waals surface area contributed by atoms with Crippen molar-refractivity contribution in [2.24, 2.45) is 10.1 Å². The Morgan fingerprint density at radius 2 is 1.92 bits per heavy atom. The summed E-state index contributed by atoms with van der Waals surface area (Å²) in [4.78, 5) is 37.5. The second kappa shape index (κ2) is 8.78. The number of oxime groups is 1. The number of nitrogens with one attached hydrogen (secondary N) is 1. The van der Waals surface area contributed by atoms with E-state index in [-0.39, 0.29) is 0 Å². The molecule has 1 rings (SSSR count). The topological polar surface area (TPSA) is 98.8 Å². The van der Waals surface area contributed by atoms with Crippen LogP contribution in [0.5, 0.6) is 0 Å². The first-order chi connectivity index (χ1) is 11.2. The Morgan fingerprint density at radius 3 is 2.46 bits per heavy atom. The first kappa shape index (κ1) is 20.1. The van der Waals surface area contributed by atoms with Gasteiger partial charge in [0.15, 0.2) is 0 Å². The number of amides is 2. The van der Waals surface area contributed by atoms with Crippen LogP contribution in [0, 0.1) is 0 Å². The third-order valence-corrected chi connectivity index (χ3v) is 4.19. The molecule has 2 amide bonds. The van der Waals surface area contributed by atoms with Crippen LogP contribution in [-0.2, 0) is 9.68 Å². The Labute approximate surface area is 149 Å². The zero-order valence-corrected chi connectivity index (χ0v) is 16.0. The van der Waals surface area contributed by atoms with Crippen molar-refractivity contribution >= 4 is 53.6 Å². The minimum atomic E-state index is -0.719. The average Bonchev–Trinajstić information content (AvgIpc) is 2.87. The summed E-state index contributed by atoms with van der Waals surface area (Å²) in [6.07, 6.45) is 3.62. The highest BCUT2D eigenvalue weighted by Crippen LogP contribution is 2.15. The minimum Gasteiger partial charge on any atom is -0.296 e. The maximum atomic E-state index is 11.9. The predicted octanol–water partition coefficient (Wildman–Crippen LogP) is 1.71. The summed E-state index contributed by atoms with van der Waals surface area (Å²) < 4.78 is 3.75. The molecule has 24 heavy (non-hydrogen) atoms. The zero-order valence-electron chi connectivity index (χ0n) is 14.3. The molecule has 0 radical (unpaired) electrons. The van der Waals surface area contributed by atoms with Gasteiger partial charge in [0.1, 0.15) is 5.04 Å². The van der Waals surface area contributed by atoms with E-state index in [1.807, 2.05) is 20.1 Å². The lowest BCUT2D eigenvalue weighted by Crippen LogP contribution is -2.44. The van der Waals surface area contributed by atoms with Crippen molar-refractivity contribution in [1.29, 1.82) is 0 Å². The quantitative estimate of drug-likeness (QED) is 0.194. The van der Waals surface area contributed by atoms with Gasteiger partial charge in [-0.3, -0.25) is 9.68 Å². The molecule has 0 saturated carbocycles. The Hall–Kier alpha value is -1.95. The standard InChI is InChI=1S/C12H21N6O4S2/c1-9(23-6)14-21-10(19)16(4)24-17(5)11(20)22-15-18-8-7-13-12(18,2)3/h7-8,15H,1-6H3/q+1. The summed E-state index contributed by atoms with van der Waals surface area (Å²) in [6.45, 7) is 5.39. The van der Waals surface area contributed by atoms with Gasteiger partial charge in [-0.2, -0.15) is 0 Å². The van der Waals surface area contributed by atoms with E-state index in [9.17, 15) is 9.59 Å². The van der Waals surface area contributed by atoms with Crippen molar-refractivity contribution in [1.82, 2.24) is 14.2 Å². The first-order valence-corrected chi connectivity index (χ1v) is 8.72. The summed E-state index contributed by atoms with van der Waals surface area (Å²) in [7, 11) is 2.89. The highest BCUT2D eigenvalue weighted by molar-refractivity contribution is 8.13. The molecule has 0 aromatic heterocycles. The number of carbonyl (C=O) groups is 2. The first-order valence-electron chi connectivity index (χ1n) is 6.77. The number of hydrazine groups is 1. The maximum Gasteiger partial charge on any atom is 0.449 e. The van der Waals surface area contributed by atoms with Crippen molar-refractivity contribution in [2.75, 3.05) is 20.4 Å². The Balaban J connectivity index is 2.42. The Kier molecular flexibility index (Phi) is 7.35. The van der Waals surface area contributed by atoms with Crippen LogP contribution in [0.2, 0.25) is 0 Å². The van der Waals surface area contributed by atoms with Crippen LogP contribution in [0.3, 0.4) is 0 Å². The van der Waals surface area contributed by atoms with Crippen LogP contribution in [-0.4, -0.2) is 69.0 Å². The number of rotatable bonds is 5. The molecule has 1 heterocycles. The molecule has 1 aliphatic rings. The normalized spacial score (nSPS) is 15.6. The molecule has 0 aromatic rings. The van der Waals surface area contributed by atoms with Crippen molar-refractivity contribution < 1.29 is 23.9 Å². The van der Waals surface area contributed by atoms with Crippen LogP contribution in [0.15, 0.2) is 10.1 Å². The van der Waals surface area contributed by atoms with Gasteiger partial charge in [0.25, 0.3) is 5.66 Å². The second-order valence-electron chi connectivity index (χ2n) is 5.00. The molecule has 0 bridgehead atoms. The molecule has 0 unspecified atom stereocenters. The smallest absolute Gasteiger partial charge is 0.296 e. The summed E-state index contributed by atoms with van der Waals surface area (Å²) in [5.74, 6) is 0. The summed E-state index contributed by atoms with van der Waals surface area (Å²) in [5, 5.41) is 4.23. The molecular formula is C12H21N6O4S2+. The van der Waals surface area contributed by atoms with E-state index < -0.39 is 17.8 Å². The van der Waals surface area contributed by atoms with E-state index in [1.54, 1.807) is 19.4 Å². The lowest BCUT2D eigenvalue weighted by atomic mass is 10.3. The van der Waals surface area contributed by atoms with Crippen molar-refractivity contribution in [3.05, 3.63) is 0 Å². The number of hydrogen-bond donors (Lipinski definition) is 1. The lowest BCUT2D eigenvalue weighted by Gasteiger charge is -2.20. The van der Waals surface area contributed by atoms with Gasteiger partial charge >= 0.3 is 12.2 Å². The van der Waals surface area contributed by atoms with E-state index in [0.29, 0.717) is 5.04 Å². The van der Waals surface area contributed by atoms with Crippen LogP contribution >= 0.6 is 23.9 Å². The fourth-order valence-electron chi connectivity index (χ4n) is 1.27. The lowest BCUT2D eigenvalue weighted by molar-refractivity contribution is -0.683. The highest BCUT2D eigenvalue weighted by Gasteiger charge is 2.34. The monoisotopic (exact) mass is 377 g/mol. The fourth-order valence-corrected chi connectivity index (χ4v) is 1.95. The molecule has 12 heteroatoms. The van der Waals surface area contributed by atoms with Crippen LogP contribution in [0.4, 0.5) is 9.59 Å². The highest BCUT2D eigenvalue weighted by atomic mass is 32.2. The van der Waals surface area contributed by atoms with E-state index >= 15 is 0 Å². The number of thioether (sulfide) groups is 1. The van der Waals surface area contributed by atoms with Crippen LogP contribution < -0.4 is 5.59 Å². The van der Waals surface area contributed by atoms with Crippen molar-refractivity contribution in [2.45, 2.75) is 26.4 Å². The van der Waals surface area contributed by atoms with Crippen molar-refractivity contribution in [3.63, 3.8) is 0 Å². The summed E-state index contributed by atoms with van der Waals surface area (Å²) in [5.41, 5.74) is 1.94. The van der Waals surface area contributed by atoms with Gasteiger partial charge in [-0.05, 0) is 18.8 Å². The van der Waals surface area contributed by atoms with Gasteiger partial charge < -0.3 is 0 Å². The Morgan fingerprint density at radius 1 is 1.29 bits per heavy atom. The Bertz CT molecular complexity index is 578. The number of hydrogen-bond acceptors (Lipinski definition) is 9. The number of hydrazone groups is 1. The molecule has 0 aromatic carbocycles. The average molecular weight is 377 g/mol.